The summed E-state index contributed by atoms with van der Waals surface area (Å²) in [4.78, 5) is 12.5. The average molecular weight is 361 g/mol. The van der Waals surface area contributed by atoms with Crippen molar-refractivity contribution in [2.45, 2.75) is 41.5 Å². The molecule has 1 nitrogen and oxygen atoms in total. The van der Waals surface area contributed by atoms with Crippen molar-refractivity contribution in [2.75, 3.05) is 0 Å². The highest BCUT2D eigenvalue weighted by Crippen LogP contribution is 2.16. The van der Waals surface area contributed by atoms with E-state index in [2.05, 4.69) is 96.1 Å². The molecule has 0 radical (unpaired) electrons. The van der Waals surface area contributed by atoms with Gasteiger partial charge in [0.1, 0.15) is 0 Å². The Kier molecular flexibility index (Phi) is 4.91. The minimum absolute atomic E-state index is 1.10. The van der Waals surface area contributed by atoms with Gasteiger partial charge >= 0.3 is 0 Å². The molecule has 1 N–H and O–H groups in total. The summed E-state index contributed by atoms with van der Waals surface area (Å²) >= 11 is 0. The Morgan fingerprint density at radius 1 is 0.500 bits per heavy atom. The normalized spacial score (nSPS) is 11.7. The van der Waals surface area contributed by atoms with Crippen molar-refractivity contribution in [1.29, 1.82) is 0 Å². The molecule has 0 aliphatic carbocycles. The maximum Gasteiger partial charge on any atom is 0.286 e. The molecule has 0 fully saturated rings. The topological polar surface area (TPSA) is 20.2 Å². The molecule has 0 bridgehead atoms. The standard InChI is InChI=1S/C24H28OSi/c1-16-10-7-13-22(19(16)4)26(25,23-14-8-11-17(2)20(23)5)24-15-9-12-18(3)21(24)6/h7-15,25H,1-6H3. The Morgan fingerprint density at radius 2 is 0.769 bits per heavy atom. The zero-order chi connectivity index (χ0) is 19.1. The van der Waals surface area contributed by atoms with Gasteiger partial charge in [-0.25, -0.2) is 0 Å². The van der Waals surface area contributed by atoms with Crippen LogP contribution in [0.15, 0.2) is 54.6 Å². The van der Waals surface area contributed by atoms with Crippen LogP contribution in [0.5, 0.6) is 0 Å². The monoisotopic (exact) mass is 360 g/mol. The summed E-state index contributed by atoms with van der Waals surface area (Å²) in [5, 5.41) is 3.29. The Morgan fingerprint density at radius 3 is 1.04 bits per heavy atom. The SMILES string of the molecule is Cc1cccc([Si](O)(c2cccc(C)c2C)c2cccc(C)c2C)c1C. The molecule has 0 aromatic heterocycles. The van der Waals surface area contributed by atoms with E-state index >= 15 is 0 Å². The Balaban J connectivity index is 2.46. The summed E-state index contributed by atoms with van der Waals surface area (Å²) in [6.07, 6.45) is 0. The molecule has 0 saturated carbocycles. The van der Waals surface area contributed by atoms with Gasteiger partial charge in [0.15, 0.2) is 0 Å². The molecule has 3 aromatic rings. The molecule has 0 amide bonds. The largest absolute Gasteiger partial charge is 0.421 e. The minimum Gasteiger partial charge on any atom is -0.421 e. The van der Waals surface area contributed by atoms with Gasteiger partial charge in [-0.1, -0.05) is 54.6 Å². The fourth-order valence-electron chi connectivity index (χ4n) is 3.86. The number of hydrogen-bond acceptors (Lipinski definition) is 1. The molecular weight excluding hydrogens is 332 g/mol. The highest BCUT2D eigenvalue weighted by Gasteiger charge is 2.42. The third kappa shape index (κ3) is 2.83. The number of hydrogen-bond donors (Lipinski definition) is 1. The lowest BCUT2D eigenvalue weighted by atomic mass is 10.1. The van der Waals surface area contributed by atoms with Gasteiger partial charge in [-0.15, -0.1) is 0 Å². The Bertz CT molecular complexity index is 847. The van der Waals surface area contributed by atoms with E-state index in [4.69, 9.17) is 0 Å². The molecule has 0 spiro atoms. The summed E-state index contributed by atoms with van der Waals surface area (Å²) in [6.45, 7) is 12.8. The van der Waals surface area contributed by atoms with Gasteiger partial charge in [0.25, 0.3) is 8.32 Å². The van der Waals surface area contributed by atoms with E-state index in [0.717, 1.165) is 15.6 Å². The fourth-order valence-corrected chi connectivity index (χ4v) is 7.97. The molecule has 3 aromatic carbocycles. The lowest BCUT2D eigenvalue weighted by Crippen LogP contribution is -2.69. The van der Waals surface area contributed by atoms with Crippen molar-refractivity contribution in [3.8, 4) is 0 Å². The van der Waals surface area contributed by atoms with Crippen LogP contribution >= 0.6 is 0 Å². The average Bonchev–Trinajstić information content (AvgIpc) is 2.61. The van der Waals surface area contributed by atoms with Crippen LogP contribution in [0, 0.1) is 41.5 Å². The molecule has 0 saturated heterocycles. The summed E-state index contributed by atoms with van der Waals surface area (Å²) in [6, 6.07) is 19.0. The third-order valence-electron chi connectivity index (χ3n) is 5.98. The molecule has 0 heterocycles. The lowest BCUT2D eigenvalue weighted by Gasteiger charge is -2.32. The van der Waals surface area contributed by atoms with Crippen molar-refractivity contribution in [2.24, 2.45) is 0 Å². The van der Waals surface area contributed by atoms with Crippen LogP contribution < -0.4 is 15.6 Å². The van der Waals surface area contributed by atoms with E-state index in [1.54, 1.807) is 0 Å². The van der Waals surface area contributed by atoms with E-state index in [-0.39, 0.29) is 0 Å². The lowest BCUT2D eigenvalue weighted by molar-refractivity contribution is 0.582. The van der Waals surface area contributed by atoms with E-state index in [0.29, 0.717) is 0 Å². The van der Waals surface area contributed by atoms with Crippen molar-refractivity contribution in [3.63, 3.8) is 0 Å². The van der Waals surface area contributed by atoms with Crippen LogP contribution in [0.2, 0.25) is 0 Å². The Labute approximate surface area is 158 Å². The smallest absolute Gasteiger partial charge is 0.286 e. The molecule has 3 rings (SSSR count). The van der Waals surface area contributed by atoms with Gasteiger partial charge in [-0.05, 0) is 90.5 Å². The zero-order valence-corrected chi connectivity index (χ0v) is 17.6. The maximum atomic E-state index is 12.5. The second-order valence-electron chi connectivity index (χ2n) is 7.45. The summed E-state index contributed by atoms with van der Waals surface area (Å²) in [7, 11) is -3.11. The van der Waals surface area contributed by atoms with E-state index < -0.39 is 8.32 Å². The van der Waals surface area contributed by atoms with Crippen molar-refractivity contribution in [1.82, 2.24) is 0 Å². The molecule has 134 valence electrons. The van der Waals surface area contributed by atoms with Crippen LogP contribution in [0.1, 0.15) is 33.4 Å². The van der Waals surface area contributed by atoms with Crippen molar-refractivity contribution >= 4 is 23.9 Å². The van der Waals surface area contributed by atoms with Crippen LogP contribution in [-0.2, 0) is 0 Å². The van der Waals surface area contributed by atoms with Gasteiger partial charge in [-0.3, -0.25) is 0 Å². The minimum atomic E-state index is -3.11. The molecule has 2 heteroatoms. The van der Waals surface area contributed by atoms with Crippen LogP contribution in [-0.4, -0.2) is 13.1 Å². The Hall–Kier alpha value is -2.16. The molecule has 0 unspecified atom stereocenters. The molecule has 0 atom stereocenters. The van der Waals surface area contributed by atoms with Gasteiger partial charge in [0.2, 0.25) is 0 Å². The highest BCUT2D eigenvalue weighted by molar-refractivity contribution is 7.06. The number of benzene rings is 3. The predicted molar refractivity (Wildman–Crippen MR) is 115 cm³/mol. The first-order valence-corrected chi connectivity index (χ1v) is 11.2. The second-order valence-corrected chi connectivity index (χ2v) is 10.5. The molecule has 0 aliphatic rings. The first-order chi connectivity index (χ1) is 12.3. The first kappa shape index (κ1) is 18.6. The van der Waals surface area contributed by atoms with Gasteiger partial charge in [-0.2, -0.15) is 0 Å². The summed E-state index contributed by atoms with van der Waals surface area (Å²) < 4.78 is 0. The predicted octanol–water partition coefficient (Wildman–Crippen LogP) is 3.50. The molecule has 26 heavy (non-hydrogen) atoms. The second kappa shape index (κ2) is 6.86. The zero-order valence-electron chi connectivity index (χ0n) is 16.6. The summed E-state index contributed by atoms with van der Waals surface area (Å²) in [5.74, 6) is 0. The quantitative estimate of drug-likeness (QED) is 0.560. The highest BCUT2D eigenvalue weighted by atomic mass is 28.4. The third-order valence-corrected chi connectivity index (χ3v) is 9.95. The molecular formula is C24H28OSi. The van der Waals surface area contributed by atoms with Gasteiger partial charge in [0, 0.05) is 0 Å². The number of aryl methyl sites for hydroxylation is 3. The fraction of sp³-hybridized carbons (Fsp3) is 0.250. The first-order valence-electron chi connectivity index (χ1n) is 9.21. The maximum absolute atomic E-state index is 12.5. The van der Waals surface area contributed by atoms with Gasteiger partial charge < -0.3 is 4.80 Å². The summed E-state index contributed by atoms with van der Waals surface area (Å²) in [5.41, 5.74) is 7.27. The number of rotatable bonds is 3. The van der Waals surface area contributed by atoms with Crippen LogP contribution in [0.4, 0.5) is 0 Å². The van der Waals surface area contributed by atoms with Crippen molar-refractivity contribution in [3.05, 3.63) is 88.0 Å². The molecule has 0 aliphatic heterocycles. The van der Waals surface area contributed by atoms with Gasteiger partial charge in [0.05, 0.1) is 0 Å². The van der Waals surface area contributed by atoms with E-state index in [9.17, 15) is 4.80 Å². The van der Waals surface area contributed by atoms with Crippen molar-refractivity contribution < 1.29 is 4.80 Å². The van der Waals surface area contributed by atoms with E-state index in [1.807, 2.05) is 0 Å². The van der Waals surface area contributed by atoms with Crippen LogP contribution in [0.3, 0.4) is 0 Å². The van der Waals surface area contributed by atoms with E-state index in [1.165, 1.54) is 33.4 Å². The van der Waals surface area contributed by atoms with Crippen LogP contribution in [0.25, 0.3) is 0 Å².